The van der Waals surface area contributed by atoms with E-state index in [2.05, 4.69) is 5.32 Å². The van der Waals surface area contributed by atoms with E-state index in [4.69, 9.17) is 5.11 Å². The lowest BCUT2D eigenvalue weighted by molar-refractivity contribution is -0.119. The third kappa shape index (κ3) is 1.92. The smallest absolute Gasteiger partial charge is 0.335 e. The third-order valence-electron chi connectivity index (χ3n) is 3.00. The summed E-state index contributed by atoms with van der Waals surface area (Å²) in [6.45, 7) is 5.62. The Bertz CT molecular complexity index is 511. The van der Waals surface area contributed by atoms with Crippen LogP contribution in [0.2, 0.25) is 0 Å². The van der Waals surface area contributed by atoms with E-state index >= 15 is 0 Å². The molecule has 0 bridgehead atoms. The van der Waals surface area contributed by atoms with Crippen LogP contribution in [-0.4, -0.2) is 29.1 Å². The molecule has 0 aromatic heterocycles. The molecular weight excluding hydrogens is 232 g/mol. The Hall–Kier alpha value is -2.04. The minimum Gasteiger partial charge on any atom is -0.478 e. The van der Waals surface area contributed by atoms with Gasteiger partial charge in [-0.15, -0.1) is 0 Å². The molecule has 1 unspecified atom stereocenters. The van der Waals surface area contributed by atoms with E-state index in [0.717, 1.165) is 5.69 Å². The molecule has 1 aromatic rings. The van der Waals surface area contributed by atoms with Crippen molar-refractivity contribution in [1.82, 2.24) is 0 Å². The minimum atomic E-state index is -0.993. The summed E-state index contributed by atoms with van der Waals surface area (Å²) in [5.41, 5.74) is 1.61. The quantitative estimate of drug-likeness (QED) is 0.839. The second-order valence-electron chi connectivity index (χ2n) is 4.71. The van der Waals surface area contributed by atoms with Crippen LogP contribution in [0.3, 0.4) is 0 Å². The monoisotopic (exact) mass is 248 g/mol. The number of carboxylic acids is 1. The van der Waals surface area contributed by atoms with Gasteiger partial charge in [0.25, 0.3) is 0 Å². The fourth-order valence-electron chi connectivity index (χ4n) is 2.14. The van der Waals surface area contributed by atoms with Crippen LogP contribution in [0.4, 0.5) is 11.4 Å². The molecule has 1 heterocycles. The molecular formula is C13H16N2O3. The Balaban J connectivity index is 2.55. The maximum atomic E-state index is 12.1. The van der Waals surface area contributed by atoms with Crippen LogP contribution in [-0.2, 0) is 4.79 Å². The first-order valence-corrected chi connectivity index (χ1v) is 5.88. The summed E-state index contributed by atoms with van der Waals surface area (Å²) in [5, 5.41) is 12.1. The molecule has 2 rings (SSSR count). The van der Waals surface area contributed by atoms with Gasteiger partial charge in [0, 0.05) is 6.04 Å². The number of carbonyl (C=O) groups is 2. The average molecular weight is 248 g/mol. The van der Waals surface area contributed by atoms with Crippen molar-refractivity contribution >= 4 is 23.3 Å². The number of amides is 1. The van der Waals surface area contributed by atoms with Gasteiger partial charge < -0.3 is 15.3 Å². The lowest BCUT2D eigenvalue weighted by Crippen LogP contribution is -2.49. The summed E-state index contributed by atoms with van der Waals surface area (Å²) in [5.74, 6) is -1.03. The topological polar surface area (TPSA) is 69.6 Å². The lowest BCUT2D eigenvalue weighted by atomic mass is 10.1. The number of aromatic carboxylic acids is 1. The zero-order chi connectivity index (χ0) is 13.4. The van der Waals surface area contributed by atoms with Gasteiger partial charge >= 0.3 is 5.97 Å². The van der Waals surface area contributed by atoms with Gasteiger partial charge in [0.15, 0.2) is 0 Å². The molecule has 1 aliphatic heterocycles. The van der Waals surface area contributed by atoms with Gasteiger partial charge in [-0.3, -0.25) is 4.79 Å². The van der Waals surface area contributed by atoms with Crippen LogP contribution in [0, 0.1) is 0 Å². The summed E-state index contributed by atoms with van der Waals surface area (Å²) in [4.78, 5) is 24.8. The number of anilines is 2. The highest BCUT2D eigenvalue weighted by molar-refractivity contribution is 6.06. The highest BCUT2D eigenvalue weighted by Crippen LogP contribution is 2.33. The van der Waals surface area contributed by atoms with Gasteiger partial charge in [0.05, 0.1) is 16.9 Å². The predicted molar refractivity (Wildman–Crippen MR) is 69.1 cm³/mol. The summed E-state index contributed by atoms with van der Waals surface area (Å²) < 4.78 is 0. The molecule has 0 saturated heterocycles. The second kappa shape index (κ2) is 4.33. The standard InChI is InChI=1S/C13H16N2O3/c1-7(2)15-11-6-9(13(17)18)4-5-10(11)14-8(3)12(15)16/h4-8,14H,1-3H3,(H,17,18). The average Bonchev–Trinajstić information content (AvgIpc) is 2.29. The van der Waals surface area contributed by atoms with Crippen molar-refractivity contribution < 1.29 is 14.7 Å². The Labute approximate surface area is 105 Å². The van der Waals surface area contributed by atoms with Crippen molar-refractivity contribution in [3.63, 3.8) is 0 Å². The molecule has 0 saturated carbocycles. The van der Waals surface area contributed by atoms with Crippen molar-refractivity contribution in [3.8, 4) is 0 Å². The van der Waals surface area contributed by atoms with Crippen molar-refractivity contribution in [2.75, 3.05) is 10.2 Å². The highest BCUT2D eigenvalue weighted by atomic mass is 16.4. The number of hydrogen-bond acceptors (Lipinski definition) is 3. The molecule has 0 aliphatic carbocycles. The van der Waals surface area contributed by atoms with E-state index in [1.807, 2.05) is 13.8 Å². The number of nitrogens with zero attached hydrogens (tertiary/aromatic N) is 1. The summed E-state index contributed by atoms with van der Waals surface area (Å²) in [7, 11) is 0. The predicted octanol–water partition coefficient (Wildman–Crippen LogP) is 1.94. The zero-order valence-electron chi connectivity index (χ0n) is 10.6. The van der Waals surface area contributed by atoms with Gasteiger partial charge in [0.2, 0.25) is 5.91 Å². The third-order valence-corrected chi connectivity index (χ3v) is 3.00. The van der Waals surface area contributed by atoms with Crippen molar-refractivity contribution in [3.05, 3.63) is 23.8 Å². The number of rotatable bonds is 2. The summed E-state index contributed by atoms with van der Waals surface area (Å²) >= 11 is 0. The molecule has 1 amide bonds. The molecule has 0 radical (unpaired) electrons. The number of hydrogen-bond donors (Lipinski definition) is 2. The molecule has 1 aromatic carbocycles. The van der Waals surface area contributed by atoms with Gasteiger partial charge in [0.1, 0.15) is 6.04 Å². The van der Waals surface area contributed by atoms with Crippen molar-refractivity contribution in [1.29, 1.82) is 0 Å². The van der Waals surface area contributed by atoms with Crippen LogP contribution in [0.1, 0.15) is 31.1 Å². The van der Waals surface area contributed by atoms with E-state index in [9.17, 15) is 9.59 Å². The SMILES string of the molecule is CC1Nc2ccc(C(=O)O)cc2N(C(C)C)C1=O. The number of nitrogens with one attached hydrogen (secondary N) is 1. The molecule has 1 atom stereocenters. The molecule has 96 valence electrons. The Morgan fingerprint density at radius 1 is 1.44 bits per heavy atom. The van der Waals surface area contributed by atoms with E-state index < -0.39 is 5.97 Å². The van der Waals surface area contributed by atoms with Crippen LogP contribution < -0.4 is 10.2 Å². The van der Waals surface area contributed by atoms with Crippen LogP contribution in [0.5, 0.6) is 0 Å². The first-order chi connectivity index (χ1) is 8.41. The molecule has 0 fully saturated rings. The maximum Gasteiger partial charge on any atom is 0.335 e. The molecule has 5 heteroatoms. The number of carbonyl (C=O) groups excluding carboxylic acids is 1. The normalized spacial score (nSPS) is 18.6. The Kier molecular flexibility index (Phi) is 2.98. The van der Waals surface area contributed by atoms with E-state index in [1.165, 1.54) is 12.1 Å². The summed E-state index contributed by atoms with van der Waals surface area (Å²) in [6.07, 6.45) is 0. The Morgan fingerprint density at radius 2 is 2.11 bits per heavy atom. The molecule has 0 spiro atoms. The molecule has 2 N–H and O–H groups in total. The molecule has 1 aliphatic rings. The first-order valence-electron chi connectivity index (χ1n) is 5.88. The van der Waals surface area contributed by atoms with Gasteiger partial charge in [-0.05, 0) is 39.0 Å². The van der Waals surface area contributed by atoms with Gasteiger partial charge in [-0.2, -0.15) is 0 Å². The highest BCUT2D eigenvalue weighted by Gasteiger charge is 2.31. The van der Waals surface area contributed by atoms with Gasteiger partial charge in [-0.25, -0.2) is 4.79 Å². The zero-order valence-corrected chi connectivity index (χ0v) is 10.6. The molecule has 5 nitrogen and oxygen atoms in total. The fraction of sp³-hybridized carbons (Fsp3) is 0.385. The number of benzene rings is 1. The largest absolute Gasteiger partial charge is 0.478 e. The Morgan fingerprint density at radius 3 is 2.67 bits per heavy atom. The van der Waals surface area contributed by atoms with Crippen molar-refractivity contribution in [2.24, 2.45) is 0 Å². The van der Waals surface area contributed by atoms with E-state index in [-0.39, 0.29) is 23.6 Å². The second-order valence-corrected chi connectivity index (χ2v) is 4.71. The minimum absolute atomic E-state index is 0.00940. The van der Waals surface area contributed by atoms with Crippen LogP contribution >= 0.6 is 0 Å². The van der Waals surface area contributed by atoms with Crippen LogP contribution in [0.25, 0.3) is 0 Å². The number of carboxylic acid groups (broad SMARTS) is 1. The van der Waals surface area contributed by atoms with E-state index in [1.54, 1.807) is 17.9 Å². The number of fused-ring (bicyclic) bond motifs is 1. The van der Waals surface area contributed by atoms with Crippen LogP contribution in [0.15, 0.2) is 18.2 Å². The first kappa shape index (κ1) is 12.4. The maximum absolute atomic E-state index is 12.1. The lowest BCUT2D eigenvalue weighted by Gasteiger charge is -2.36. The fourth-order valence-corrected chi connectivity index (χ4v) is 2.14. The van der Waals surface area contributed by atoms with Crippen molar-refractivity contribution in [2.45, 2.75) is 32.9 Å². The van der Waals surface area contributed by atoms with E-state index in [0.29, 0.717) is 5.69 Å². The summed E-state index contributed by atoms with van der Waals surface area (Å²) in [6, 6.07) is 4.47. The van der Waals surface area contributed by atoms with Gasteiger partial charge in [-0.1, -0.05) is 0 Å². The molecule has 18 heavy (non-hydrogen) atoms.